The average molecular weight is 315 g/mol. The summed E-state index contributed by atoms with van der Waals surface area (Å²) >= 11 is 5.98. The van der Waals surface area contributed by atoms with Gasteiger partial charge in [-0.3, -0.25) is 4.90 Å². The summed E-state index contributed by atoms with van der Waals surface area (Å²) in [6.45, 7) is 2.29. The molecule has 21 heavy (non-hydrogen) atoms. The zero-order valence-electron chi connectivity index (χ0n) is 12.1. The quantitative estimate of drug-likeness (QED) is 0.889. The van der Waals surface area contributed by atoms with Crippen molar-refractivity contribution in [3.63, 3.8) is 0 Å². The number of rotatable bonds is 4. The maximum atomic E-state index is 11.2. The molecule has 6 nitrogen and oxygen atoms in total. The van der Waals surface area contributed by atoms with Gasteiger partial charge in [-0.1, -0.05) is 11.6 Å². The lowest BCUT2D eigenvalue weighted by Crippen LogP contribution is -2.36. The standard InChI is InChI=1S/C14H19ClN2O4/c1-20-12-6-9(5-11(15)13(12)18)7-17-4-3-10(8-17)16-14(19)21-2/h5-6,10,18H,3-4,7-8H2,1-2H3,(H,16,19). The minimum atomic E-state index is -0.406. The first-order valence-corrected chi connectivity index (χ1v) is 7.03. The lowest BCUT2D eigenvalue weighted by atomic mass is 10.2. The summed E-state index contributed by atoms with van der Waals surface area (Å²) < 4.78 is 9.69. The fourth-order valence-corrected chi connectivity index (χ4v) is 2.69. The molecule has 0 radical (unpaired) electrons. The normalized spacial score (nSPS) is 18.5. The minimum Gasteiger partial charge on any atom is -0.503 e. The van der Waals surface area contributed by atoms with Gasteiger partial charge < -0.3 is 19.9 Å². The van der Waals surface area contributed by atoms with E-state index in [0.29, 0.717) is 12.3 Å². The van der Waals surface area contributed by atoms with Crippen LogP contribution in [0.3, 0.4) is 0 Å². The Balaban J connectivity index is 1.97. The third kappa shape index (κ3) is 3.92. The number of hydrogen-bond donors (Lipinski definition) is 2. The third-order valence-corrected chi connectivity index (χ3v) is 3.78. The number of likely N-dealkylation sites (tertiary alicyclic amines) is 1. The SMILES string of the molecule is COC(=O)NC1CCN(Cc2cc(Cl)c(O)c(OC)c2)C1. The Labute approximate surface area is 128 Å². The number of halogens is 1. The highest BCUT2D eigenvalue weighted by atomic mass is 35.5. The second-order valence-electron chi connectivity index (χ2n) is 4.99. The van der Waals surface area contributed by atoms with Crippen LogP contribution in [0, 0.1) is 0 Å². The summed E-state index contributed by atoms with van der Waals surface area (Å²) in [6, 6.07) is 3.58. The second-order valence-corrected chi connectivity index (χ2v) is 5.39. The molecule has 2 N–H and O–H groups in total. The van der Waals surface area contributed by atoms with Crippen molar-refractivity contribution >= 4 is 17.7 Å². The Hall–Kier alpha value is -1.66. The van der Waals surface area contributed by atoms with Gasteiger partial charge in [-0.05, 0) is 24.1 Å². The first-order chi connectivity index (χ1) is 10.0. The number of amides is 1. The van der Waals surface area contributed by atoms with Crippen LogP contribution in [0.25, 0.3) is 0 Å². The van der Waals surface area contributed by atoms with Crippen LogP contribution in [0.2, 0.25) is 5.02 Å². The highest BCUT2D eigenvalue weighted by Gasteiger charge is 2.24. The first kappa shape index (κ1) is 15.7. The van der Waals surface area contributed by atoms with Gasteiger partial charge in [-0.15, -0.1) is 0 Å². The monoisotopic (exact) mass is 314 g/mol. The topological polar surface area (TPSA) is 71.0 Å². The predicted octanol–water partition coefficient (Wildman–Crippen LogP) is 1.98. The van der Waals surface area contributed by atoms with E-state index in [1.807, 2.05) is 0 Å². The van der Waals surface area contributed by atoms with E-state index in [1.165, 1.54) is 14.2 Å². The van der Waals surface area contributed by atoms with Gasteiger partial charge in [0.25, 0.3) is 0 Å². The average Bonchev–Trinajstić information content (AvgIpc) is 2.89. The van der Waals surface area contributed by atoms with E-state index in [1.54, 1.807) is 12.1 Å². The number of carbonyl (C=O) groups excluding carboxylic acids is 1. The van der Waals surface area contributed by atoms with Crippen LogP contribution in [0.5, 0.6) is 11.5 Å². The molecule has 0 saturated carbocycles. The van der Waals surface area contributed by atoms with Gasteiger partial charge in [0, 0.05) is 25.7 Å². The van der Waals surface area contributed by atoms with Gasteiger partial charge in [0.05, 0.1) is 19.2 Å². The molecule has 1 aliphatic heterocycles. The Kier molecular flexibility index (Phi) is 5.14. The molecular weight excluding hydrogens is 296 g/mol. The molecule has 1 heterocycles. The van der Waals surface area contributed by atoms with Gasteiger partial charge in [-0.25, -0.2) is 4.79 Å². The molecule has 1 aromatic carbocycles. The van der Waals surface area contributed by atoms with E-state index in [2.05, 4.69) is 15.0 Å². The number of nitrogens with zero attached hydrogens (tertiary/aromatic N) is 1. The molecule has 0 bridgehead atoms. The summed E-state index contributed by atoms with van der Waals surface area (Å²) in [6.07, 6.45) is 0.467. The fourth-order valence-electron chi connectivity index (χ4n) is 2.45. The number of ether oxygens (including phenoxy) is 2. The zero-order valence-corrected chi connectivity index (χ0v) is 12.8. The molecule has 1 saturated heterocycles. The Morgan fingerprint density at radius 2 is 2.29 bits per heavy atom. The van der Waals surface area contributed by atoms with E-state index >= 15 is 0 Å². The summed E-state index contributed by atoms with van der Waals surface area (Å²) in [7, 11) is 2.84. The van der Waals surface area contributed by atoms with E-state index < -0.39 is 6.09 Å². The van der Waals surface area contributed by atoms with Crippen molar-refractivity contribution in [1.29, 1.82) is 0 Å². The highest BCUT2D eigenvalue weighted by Crippen LogP contribution is 2.35. The number of benzene rings is 1. The molecule has 0 aliphatic carbocycles. The van der Waals surface area contributed by atoms with Crippen molar-refractivity contribution in [2.75, 3.05) is 27.3 Å². The Morgan fingerprint density at radius 1 is 1.52 bits per heavy atom. The second kappa shape index (κ2) is 6.87. The van der Waals surface area contributed by atoms with Crippen LogP contribution in [-0.2, 0) is 11.3 Å². The van der Waals surface area contributed by atoms with Crippen LogP contribution >= 0.6 is 11.6 Å². The van der Waals surface area contributed by atoms with Crippen molar-refractivity contribution in [3.8, 4) is 11.5 Å². The van der Waals surface area contributed by atoms with Crippen LogP contribution in [0.15, 0.2) is 12.1 Å². The summed E-state index contributed by atoms with van der Waals surface area (Å²) in [5.74, 6) is 0.315. The van der Waals surface area contributed by atoms with Crippen molar-refractivity contribution in [1.82, 2.24) is 10.2 Å². The summed E-state index contributed by atoms with van der Waals surface area (Å²) in [5.41, 5.74) is 0.952. The maximum Gasteiger partial charge on any atom is 0.407 e. The number of methoxy groups -OCH3 is 2. The van der Waals surface area contributed by atoms with Gasteiger partial charge >= 0.3 is 6.09 Å². The van der Waals surface area contributed by atoms with Crippen LogP contribution in [-0.4, -0.2) is 49.5 Å². The van der Waals surface area contributed by atoms with Gasteiger partial charge in [0.15, 0.2) is 11.5 Å². The molecule has 116 valence electrons. The zero-order chi connectivity index (χ0) is 15.4. The number of nitrogens with one attached hydrogen (secondary N) is 1. The van der Waals surface area contributed by atoms with Crippen LogP contribution < -0.4 is 10.1 Å². The Morgan fingerprint density at radius 3 is 2.95 bits per heavy atom. The molecule has 1 aromatic rings. The number of carbonyl (C=O) groups is 1. The summed E-state index contributed by atoms with van der Waals surface area (Å²) in [4.78, 5) is 13.4. The van der Waals surface area contributed by atoms with Gasteiger partial charge in [-0.2, -0.15) is 0 Å². The molecule has 1 aliphatic rings. The van der Waals surface area contributed by atoms with Crippen molar-refractivity contribution in [3.05, 3.63) is 22.7 Å². The number of alkyl carbamates (subject to hydrolysis) is 1. The van der Waals surface area contributed by atoms with Gasteiger partial charge in [0.1, 0.15) is 0 Å². The molecular formula is C14H19ClN2O4. The van der Waals surface area contributed by atoms with E-state index in [4.69, 9.17) is 16.3 Å². The largest absolute Gasteiger partial charge is 0.503 e. The molecule has 1 amide bonds. The van der Waals surface area contributed by atoms with Crippen molar-refractivity contribution < 1.29 is 19.4 Å². The van der Waals surface area contributed by atoms with E-state index in [-0.39, 0.29) is 16.8 Å². The molecule has 1 atom stereocenters. The third-order valence-electron chi connectivity index (χ3n) is 3.49. The highest BCUT2D eigenvalue weighted by molar-refractivity contribution is 6.32. The van der Waals surface area contributed by atoms with Crippen molar-refractivity contribution in [2.24, 2.45) is 0 Å². The van der Waals surface area contributed by atoms with Gasteiger partial charge in [0.2, 0.25) is 0 Å². The van der Waals surface area contributed by atoms with E-state index in [9.17, 15) is 9.90 Å². The van der Waals surface area contributed by atoms with Crippen molar-refractivity contribution in [2.45, 2.75) is 19.0 Å². The molecule has 0 spiro atoms. The fraction of sp³-hybridized carbons (Fsp3) is 0.500. The smallest absolute Gasteiger partial charge is 0.407 e. The molecule has 2 rings (SSSR count). The number of aromatic hydroxyl groups is 1. The van der Waals surface area contributed by atoms with Crippen LogP contribution in [0.1, 0.15) is 12.0 Å². The molecule has 1 fully saturated rings. The molecule has 0 aromatic heterocycles. The van der Waals surface area contributed by atoms with E-state index in [0.717, 1.165) is 25.1 Å². The number of phenols is 1. The summed E-state index contributed by atoms with van der Waals surface area (Å²) in [5, 5.41) is 12.8. The lowest BCUT2D eigenvalue weighted by Gasteiger charge is -2.17. The molecule has 1 unspecified atom stereocenters. The minimum absolute atomic E-state index is 0.0467. The maximum absolute atomic E-state index is 11.2. The lowest BCUT2D eigenvalue weighted by molar-refractivity contribution is 0.166. The number of hydrogen-bond acceptors (Lipinski definition) is 5. The molecule has 7 heteroatoms. The first-order valence-electron chi connectivity index (χ1n) is 6.65. The number of phenolic OH excluding ortho intramolecular Hbond substituents is 1. The predicted molar refractivity (Wildman–Crippen MR) is 78.9 cm³/mol. The Bertz CT molecular complexity index is 524. The van der Waals surface area contributed by atoms with Crippen LogP contribution in [0.4, 0.5) is 4.79 Å².